The van der Waals surface area contributed by atoms with E-state index in [-0.39, 0.29) is 0 Å². The summed E-state index contributed by atoms with van der Waals surface area (Å²) in [5.74, 6) is -0.142. The molecule has 1 aromatic heterocycles. The molecule has 0 saturated carbocycles. The summed E-state index contributed by atoms with van der Waals surface area (Å²) in [4.78, 5) is 11.7. The summed E-state index contributed by atoms with van der Waals surface area (Å²) in [6, 6.07) is 7.83. The van der Waals surface area contributed by atoms with Crippen LogP contribution in [0.2, 0.25) is 0 Å². The Kier molecular flexibility index (Phi) is 4.27. The first-order valence-corrected chi connectivity index (χ1v) is 7.55. The molecule has 5 heteroatoms. The minimum absolute atomic E-state index is 0.338. The van der Waals surface area contributed by atoms with Crippen LogP contribution in [0.3, 0.4) is 0 Å². The van der Waals surface area contributed by atoms with Crippen LogP contribution in [0.5, 0.6) is 0 Å². The average Bonchev–Trinajstić information content (AvgIpc) is 2.75. The monoisotopic (exact) mass is 281 g/mol. The van der Waals surface area contributed by atoms with E-state index in [9.17, 15) is 9.90 Å². The van der Waals surface area contributed by atoms with Crippen LogP contribution in [0.1, 0.15) is 22.2 Å². The number of carboxylic acid groups (broad SMARTS) is 1. The van der Waals surface area contributed by atoms with Gasteiger partial charge in [0.2, 0.25) is 0 Å². The fourth-order valence-electron chi connectivity index (χ4n) is 1.71. The van der Waals surface area contributed by atoms with E-state index in [1.165, 1.54) is 11.3 Å². The van der Waals surface area contributed by atoms with Crippen molar-refractivity contribution in [1.82, 2.24) is 0 Å². The second kappa shape index (κ2) is 5.73. The van der Waals surface area contributed by atoms with E-state index in [0.717, 1.165) is 15.6 Å². The molecule has 96 valence electrons. The third-order valence-corrected chi connectivity index (χ3v) is 5.15. The predicted molar refractivity (Wildman–Crippen MR) is 78.6 cm³/mol. The molecule has 2 aromatic rings. The van der Waals surface area contributed by atoms with Crippen LogP contribution in [0.25, 0.3) is 10.1 Å². The third-order valence-electron chi connectivity index (χ3n) is 2.74. The van der Waals surface area contributed by atoms with Crippen LogP contribution in [-0.4, -0.2) is 22.9 Å². The molecular weight excluding hydrogens is 266 g/mol. The lowest BCUT2D eigenvalue weighted by Gasteiger charge is -2.08. The SMILES string of the molecule is CC(CN)SCc1c(C(=O)O)sc2ccccc12. The zero-order valence-electron chi connectivity index (χ0n) is 10.1. The second-order valence-corrected chi connectivity index (χ2v) is 6.55. The predicted octanol–water partition coefficient (Wildman–Crippen LogP) is 3.18. The van der Waals surface area contributed by atoms with E-state index in [1.54, 1.807) is 11.8 Å². The lowest BCUT2D eigenvalue weighted by atomic mass is 10.1. The topological polar surface area (TPSA) is 63.3 Å². The summed E-state index contributed by atoms with van der Waals surface area (Å²) in [7, 11) is 0. The normalized spacial score (nSPS) is 12.8. The molecule has 0 fully saturated rings. The number of thioether (sulfide) groups is 1. The number of carbonyl (C=O) groups is 1. The number of hydrogen-bond donors (Lipinski definition) is 2. The first kappa shape index (κ1) is 13.4. The minimum Gasteiger partial charge on any atom is -0.477 e. The number of hydrogen-bond acceptors (Lipinski definition) is 4. The van der Waals surface area contributed by atoms with Gasteiger partial charge in [-0.05, 0) is 17.0 Å². The molecule has 0 spiro atoms. The summed E-state index contributed by atoms with van der Waals surface area (Å²) < 4.78 is 1.03. The van der Waals surface area contributed by atoms with Crippen molar-refractivity contribution in [3.63, 3.8) is 0 Å². The average molecular weight is 281 g/mol. The number of rotatable bonds is 5. The van der Waals surface area contributed by atoms with Crippen LogP contribution in [0, 0.1) is 0 Å². The summed E-state index contributed by atoms with van der Waals surface area (Å²) >= 11 is 3.05. The van der Waals surface area contributed by atoms with Gasteiger partial charge in [-0.25, -0.2) is 4.79 Å². The zero-order valence-corrected chi connectivity index (χ0v) is 11.7. The smallest absolute Gasteiger partial charge is 0.346 e. The van der Waals surface area contributed by atoms with Crippen LogP contribution in [0.15, 0.2) is 24.3 Å². The van der Waals surface area contributed by atoms with E-state index in [4.69, 9.17) is 5.73 Å². The fraction of sp³-hybridized carbons (Fsp3) is 0.308. The van der Waals surface area contributed by atoms with Crippen LogP contribution >= 0.6 is 23.1 Å². The van der Waals surface area contributed by atoms with Gasteiger partial charge >= 0.3 is 5.97 Å². The van der Waals surface area contributed by atoms with Crippen LogP contribution in [-0.2, 0) is 5.75 Å². The highest BCUT2D eigenvalue weighted by Gasteiger charge is 2.17. The maximum Gasteiger partial charge on any atom is 0.346 e. The molecule has 3 N–H and O–H groups in total. The van der Waals surface area contributed by atoms with Gasteiger partial charge in [0.05, 0.1) is 0 Å². The Morgan fingerprint density at radius 3 is 2.89 bits per heavy atom. The van der Waals surface area contributed by atoms with Crippen molar-refractivity contribution in [1.29, 1.82) is 0 Å². The maximum absolute atomic E-state index is 11.3. The summed E-state index contributed by atoms with van der Waals surface area (Å²) in [5.41, 5.74) is 6.51. The zero-order chi connectivity index (χ0) is 13.1. The fourth-order valence-corrected chi connectivity index (χ4v) is 3.75. The Bertz CT molecular complexity index is 565. The van der Waals surface area contributed by atoms with Crippen LogP contribution in [0.4, 0.5) is 0 Å². The molecular formula is C13H15NO2S2. The van der Waals surface area contributed by atoms with Crippen molar-refractivity contribution in [3.05, 3.63) is 34.7 Å². The quantitative estimate of drug-likeness (QED) is 0.883. The van der Waals surface area contributed by atoms with E-state index >= 15 is 0 Å². The highest BCUT2D eigenvalue weighted by Crippen LogP contribution is 2.34. The molecule has 1 atom stereocenters. The number of fused-ring (bicyclic) bond motifs is 1. The molecule has 0 bridgehead atoms. The highest BCUT2D eigenvalue weighted by atomic mass is 32.2. The number of thiophene rings is 1. The maximum atomic E-state index is 11.3. The number of benzene rings is 1. The molecule has 3 nitrogen and oxygen atoms in total. The summed E-state index contributed by atoms with van der Waals surface area (Å²) in [5, 5.41) is 10.7. The Balaban J connectivity index is 2.39. The molecule has 0 saturated heterocycles. The Morgan fingerprint density at radius 2 is 2.22 bits per heavy atom. The van der Waals surface area contributed by atoms with Gasteiger partial charge in [0.25, 0.3) is 0 Å². The van der Waals surface area contributed by atoms with Gasteiger partial charge in [-0.1, -0.05) is 25.1 Å². The van der Waals surface area contributed by atoms with Gasteiger partial charge < -0.3 is 10.8 Å². The van der Waals surface area contributed by atoms with Gasteiger partial charge in [-0.2, -0.15) is 11.8 Å². The van der Waals surface area contributed by atoms with Crippen molar-refractivity contribution >= 4 is 39.2 Å². The molecule has 1 aromatic carbocycles. The Labute approximate surface area is 114 Å². The molecule has 0 aliphatic heterocycles. The molecule has 2 rings (SSSR count). The van der Waals surface area contributed by atoms with Gasteiger partial charge in [0, 0.05) is 22.2 Å². The molecule has 0 radical (unpaired) electrons. The number of carboxylic acids is 1. The number of aromatic carboxylic acids is 1. The number of nitrogens with two attached hydrogens (primary N) is 1. The molecule has 18 heavy (non-hydrogen) atoms. The van der Waals surface area contributed by atoms with E-state index < -0.39 is 5.97 Å². The molecule has 0 aliphatic rings. The molecule has 1 heterocycles. The molecule has 0 aliphatic carbocycles. The van der Waals surface area contributed by atoms with Crippen molar-refractivity contribution in [2.24, 2.45) is 5.73 Å². The first-order chi connectivity index (χ1) is 8.63. The lowest BCUT2D eigenvalue weighted by molar-refractivity contribution is 0.0701. The standard InChI is InChI=1S/C13H15NO2S2/c1-8(6-14)17-7-10-9-4-2-3-5-11(9)18-12(10)13(15)16/h2-5,8H,6-7,14H2,1H3,(H,15,16). The summed E-state index contributed by atoms with van der Waals surface area (Å²) in [6.07, 6.45) is 0. The third kappa shape index (κ3) is 2.68. The summed E-state index contributed by atoms with van der Waals surface area (Å²) in [6.45, 7) is 2.66. The van der Waals surface area contributed by atoms with E-state index in [1.807, 2.05) is 24.3 Å². The van der Waals surface area contributed by atoms with Gasteiger partial charge in [0.1, 0.15) is 4.88 Å². The van der Waals surface area contributed by atoms with Crippen molar-refractivity contribution < 1.29 is 9.90 Å². The minimum atomic E-state index is -0.841. The van der Waals surface area contributed by atoms with Crippen molar-refractivity contribution in [2.45, 2.75) is 17.9 Å². The van der Waals surface area contributed by atoms with Crippen molar-refractivity contribution in [3.8, 4) is 0 Å². The Hall–Kier alpha value is -1.04. The first-order valence-electron chi connectivity index (χ1n) is 5.69. The molecule has 0 amide bonds. The Morgan fingerprint density at radius 1 is 1.50 bits per heavy atom. The van der Waals surface area contributed by atoms with Crippen molar-refractivity contribution in [2.75, 3.05) is 6.54 Å². The van der Waals surface area contributed by atoms with Gasteiger partial charge in [0.15, 0.2) is 0 Å². The van der Waals surface area contributed by atoms with E-state index in [2.05, 4.69) is 6.92 Å². The van der Waals surface area contributed by atoms with Crippen LogP contribution < -0.4 is 5.73 Å². The second-order valence-electron chi connectivity index (χ2n) is 4.07. The molecule has 1 unspecified atom stereocenters. The van der Waals surface area contributed by atoms with E-state index in [0.29, 0.717) is 22.4 Å². The van der Waals surface area contributed by atoms with Gasteiger partial charge in [-0.15, -0.1) is 11.3 Å². The lowest BCUT2D eigenvalue weighted by Crippen LogP contribution is -2.12. The largest absolute Gasteiger partial charge is 0.477 e. The van der Waals surface area contributed by atoms with Gasteiger partial charge in [-0.3, -0.25) is 0 Å². The highest BCUT2D eigenvalue weighted by molar-refractivity contribution is 7.99.